The maximum atomic E-state index is 9.73. The molecule has 0 aromatic heterocycles. The summed E-state index contributed by atoms with van der Waals surface area (Å²) >= 11 is 0. The summed E-state index contributed by atoms with van der Waals surface area (Å²) in [6.45, 7) is -0.626. The largest absolute Gasteiger partial charge is 2.00 e. The Morgan fingerprint density at radius 1 is 1.20 bits per heavy atom. The monoisotopic (exact) mass is 273 g/mol. The van der Waals surface area contributed by atoms with Crippen LogP contribution in [0.1, 0.15) is 2.85 Å². The van der Waals surface area contributed by atoms with Gasteiger partial charge in [0.25, 0.3) is 0 Å². The number of rotatable bonds is 4. The zero-order chi connectivity index (χ0) is 7.28. The van der Waals surface area contributed by atoms with Crippen LogP contribution < -0.4 is 5.32 Å². The second-order valence-corrected chi connectivity index (χ2v) is 1.39. The normalized spacial score (nSPS) is 8.00. The third-order valence-corrected chi connectivity index (χ3v) is 0.552. The molecule has 0 atom stereocenters. The van der Waals surface area contributed by atoms with E-state index in [1.807, 2.05) is 0 Å². The quantitative estimate of drug-likeness (QED) is 0.547. The minimum absolute atomic E-state index is 0. The van der Waals surface area contributed by atoms with Gasteiger partial charge in [-0.3, -0.25) is 14.9 Å². The number of hydrogen-bond donors (Lipinski definition) is 3. The molecule has 0 aliphatic carbocycles. The van der Waals surface area contributed by atoms with Crippen molar-refractivity contribution < 1.29 is 22.7 Å². The average Bonchev–Trinajstić information content (AvgIpc) is 1.63. The molecule has 0 rings (SSSR count). The molecule has 0 aliphatic rings. The molecule has 0 fully saturated rings. The molecule has 0 radical (unpaired) electrons. The summed E-state index contributed by atoms with van der Waals surface area (Å²) in [7, 11) is 0. The summed E-state index contributed by atoms with van der Waals surface area (Å²) in [6.07, 6.45) is 0. The summed E-state index contributed by atoms with van der Waals surface area (Å²) < 4.78 is 0. The van der Waals surface area contributed by atoms with Crippen molar-refractivity contribution in [2.75, 3.05) is 13.1 Å². The maximum absolute atomic E-state index is 9.73. The number of carbonyl (C=O) groups is 2. The zero-order valence-electron chi connectivity index (χ0n) is 7.33. The molecule has 0 spiro atoms. The smallest absolute Gasteiger partial charge is 1.00 e. The standard InChI is InChI=1S/C4H7NO4.Ba.2H/c6-3(7)1-5-2-4(8)9;;;/h5H,1-2H2,(H,6,7)(H,8,9);;;/q;+2;2*-1. The molecule has 0 unspecified atom stereocenters. The minimum Gasteiger partial charge on any atom is -1.00 e. The van der Waals surface area contributed by atoms with Crippen LogP contribution in [0.2, 0.25) is 0 Å². The van der Waals surface area contributed by atoms with Crippen LogP contribution in [0, 0.1) is 0 Å². The first kappa shape index (κ1) is 13.1. The van der Waals surface area contributed by atoms with Gasteiger partial charge in [0.15, 0.2) is 0 Å². The molecule has 0 saturated heterocycles. The van der Waals surface area contributed by atoms with Crippen LogP contribution in [0.4, 0.5) is 0 Å². The van der Waals surface area contributed by atoms with Gasteiger partial charge in [-0.2, -0.15) is 0 Å². The minimum atomic E-state index is -1.06. The first-order valence-corrected chi connectivity index (χ1v) is 2.27. The molecule has 0 bridgehead atoms. The van der Waals surface area contributed by atoms with E-state index in [4.69, 9.17) is 10.2 Å². The molecular formula is C4H9BaNO4. The van der Waals surface area contributed by atoms with Crippen molar-refractivity contribution in [3.8, 4) is 0 Å². The van der Waals surface area contributed by atoms with E-state index in [9.17, 15) is 9.59 Å². The second kappa shape index (κ2) is 7.58. The number of hydrogen-bond acceptors (Lipinski definition) is 3. The van der Waals surface area contributed by atoms with Crippen LogP contribution in [-0.4, -0.2) is 84.1 Å². The maximum Gasteiger partial charge on any atom is 2.00 e. The number of aliphatic carboxylic acids is 2. The van der Waals surface area contributed by atoms with Crippen molar-refractivity contribution in [3.63, 3.8) is 0 Å². The van der Waals surface area contributed by atoms with E-state index in [2.05, 4.69) is 5.32 Å². The van der Waals surface area contributed by atoms with Crippen molar-refractivity contribution in [3.05, 3.63) is 0 Å². The van der Waals surface area contributed by atoms with E-state index in [1.54, 1.807) is 0 Å². The summed E-state index contributed by atoms with van der Waals surface area (Å²) in [6, 6.07) is 0. The average molecular weight is 272 g/mol. The van der Waals surface area contributed by atoms with E-state index in [-0.39, 0.29) is 64.8 Å². The van der Waals surface area contributed by atoms with Crippen LogP contribution in [0.25, 0.3) is 0 Å². The van der Waals surface area contributed by atoms with Crippen molar-refractivity contribution in [2.45, 2.75) is 0 Å². The fraction of sp³-hybridized carbons (Fsp3) is 0.500. The van der Waals surface area contributed by atoms with Crippen LogP contribution in [0.15, 0.2) is 0 Å². The molecule has 0 saturated carbocycles. The van der Waals surface area contributed by atoms with Gasteiger partial charge >= 0.3 is 60.8 Å². The summed E-state index contributed by atoms with van der Waals surface area (Å²) in [4.78, 5) is 19.5. The predicted molar refractivity (Wildman–Crippen MR) is 36.1 cm³/mol. The Balaban J connectivity index is -0.000000107. The van der Waals surface area contributed by atoms with Crippen molar-refractivity contribution in [2.24, 2.45) is 0 Å². The van der Waals surface area contributed by atoms with Gasteiger partial charge in [0, 0.05) is 0 Å². The van der Waals surface area contributed by atoms with Gasteiger partial charge in [-0.05, 0) is 0 Å². The third kappa shape index (κ3) is 11.3. The van der Waals surface area contributed by atoms with Gasteiger partial charge in [-0.1, -0.05) is 0 Å². The van der Waals surface area contributed by atoms with Crippen molar-refractivity contribution in [1.82, 2.24) is 5.32 Å². The Labute approximate surface area is 101 Å². The van der Waals surface area contributed by atoms with Gasteiger partial charge < -0.3 is 13.1 Å². The first-order chi connectivity index (χ1) is 4.13. The van der Waals surface area contributed by atoms with E-state index in [0.29, 0.717) is 0 Å². The summed E-state index contributed by atoms with van der Waals surface area (Å²) in [5.74, 6) is -2.12. The fourth-order valence-electron chi connectivity index (χ4n) is 0.276. The van der Waals surface area contributed by atoms with Crippen LogP contribution in [0.5, 0.6) is 0 Å². The van der Waals surface area contributed by atoms with Crippen LogP contribution >= 0.6 is 0 Å². The van der Waals surface area contributed by atoms with Crippen LogP contribution in [-0.2, 0) is 9.59 Å². The molecule has 0 heterocycles. The van der Waals surface area contributed by atoms with E-state index >= 15 is 0 Å². The molecule has 0 aliphatic heterocycles. The number of nitrogens with one attached hydrogen (secondary N) is 1. The molecule has 5 nitrogen and oxygen atoms in total. The van der Waals surface area contributed by atoms with Gasteiger partial charge in [0.05, 0.1) is 13.1 Å². The molecule has 0 aromatic rings. The second-order valence-electron chi connectivity index (χ2n) is 1.39. The molecule has 0 aromatic carbocycles. The number of carboxylic acid groups (broad SMARTS) is 2. The van der Waals surface area contributed by atoms with Gasteiger partial charge in [-0.15, -0.1) is 0 Å². The van der Waals surface area contributed by atoms with Gasteiger partial charge in [0.1, 0.15) is 0 Å². The molecule has 0 amide bonds. The molecular weight excluding hydrogens is 263 g/mol. The third-order valence-electron chi connectivity index (χ3n) is 0.552. The van der Waals surface area contributed by atoms with Crippen molar-refractivity contribution in [1.29, 1.82) is 0 Å². The van der Waals surface area contributed by atoms with E-state index in [1.165, 1.54) is 0 Å². The number of carboxylic acids is 2. The summed E-state index contributed by atoms with van der Waals surface area (Å²) in [5.41, 5.74) is 0. The fourth-order valence-corrected chi connectivity index (χ4v) is 0.276. The Kier molecular flexibility index (Phi) is 9.92. The molecule has 3 N–H and O–H groups in total. The molecule has 10 heavy (non-hydrogen) atoms. The zero-order valence-corrected chi connectivity index (χ0v) is 9.77. The Bertz CT molecular complexity index is 120. The first-order valence-electron chi connectivity index (χ1n) is 2.27. The Morgan fingerprint density at radius 2 is 1.50 bits per heavy atom. The van der Waals surface area contributed by atoms with Crippen LogP contribution in [0.3, 0.4) is 0 Å². The van der Waals surface area contributed by atoms with E-state index < -0.39 is 11.9 Å². The SMILES string of the molecule is O=C(O)CNCC(=O)O.[Ba+2].[H-].[H-]. The molecule has 6 heteroatoms. The van der Waals surface area contributed by atoms with E-state index in [0.717, 1.165) is 0 Å². The van der Waals surface area contributed by atoms with Gasteiger partial charge in [-0.25, -0.2) is 0 Å². The molecule has 56 valence electrons. The van der Waals surface area contributed by atoms with Crippen molar-refractivity contribution >= 4 is 60.8 Å². The van der Waals surface area contributed by atoms with Gasteiger partial charge in [0.2, 0.25) is 0 Å². The summed E-state index contributed by atoms with van der Waals surface area (Å²) in [5, 5.41) is 18.1. The topological polar surface area (TPSA) is 86.6 Å². The Hall–Kier alpha value is 0.471. The Morgan fingerprint density at radius 3 is 1.70 bits per heavy atom. The predicted octanol–water partition coefficient (Wildman–Crippen LogP) is -1.41.